The molecule has 9 heteroatoms. The van der Waals surface area contributed by atoms with Gasteiger partial charge >= 0.3 is 6.03 Å². The van der Waals surface area contributed by atoms with Gasteiger partial charge in [-0.15, -0.1) is 0 Å². The maximum atomic E-state index is 14.5. The Kier molecular flexibility index (Phi) is 5.20. The SMILES string of the molecule is CC(COc1cnc(-c2nc3ccc(OCC4CC4)cc3o2)c(F)c1)NC(N)=O. The van der Waals surface area contributed by atoms with E-state index in [2.05, 4.69) is 15.3 Å². The van der Waals surface area contributed by atoms with E-state index in [0.29, 0.717) is 29.4 Å². The third-order valence-corrected chi connectivity index (χ3v) is 4.45. The number of hydrogen-bond acceptors (Lipinski definition) is 6. The predicted octanol–water partition coefficient (Wildman–Crippen LogP) is 3.25. The number of ether oxygens (including phenoxy) is 2. The number of fused-ring (bicyclic) bond motifs is 1. The minimum atomic E-state index is -0.655. The number of hydrogen-bond donors (Lipinski definition) is 2. The number of carbonyl (C=O) groups excluding carboxylic acids is 1. The van der Waals surface area contributed by atoms with Crippen LogP contribution in [-0.4, -0.2) is 35.3 Å². The average molecular weight is 400 g/mol. The number of nitrogens with zero attached hydrogens (tertiary/aromatic N) is 2. The Morgan fingerprint density at radius 1 is 1.34 bits per heavy atom. The minimum absolute atomic E-state index is 0.0164. The molecule has 8 nitrogen and oxygen atoms in total. The maximum Gasteiger partial charge on any atom is 0.312 e. The standard InChI is InChI=1S/C20H21FN4O4/c1-11(24-20(22)26)9-27-14-6-15(21)18(23-8-14)19-25-16-5-4-13(7-17(16)29-19)28-10-12-2-3-12/h4-8,11-12H,2-3,9-10H2,1H3,(H3,22,24,26). The summed E-state index contributed by atoms with van der Waals surface area (Å²) >= 11 is 0. The fraction of sp³-hybridized carbons (Fsp3) is 0.350. The molecule has 3 N–H and O–H groups in total. The van der Waals surface area contributed by atoms with E-state index in [1.165, 1.54) is 25.1 Å². The van der Waals surface area contributed by atoms with E-state index in [-0.39, 0.29) is 30.0 Å². The molecule has 29 heavy (non-hydrogen) atoms. The first-order chi connectivity index (χ1) is 14.0. The number of primary amides is 1. The van der Waals surface area contributed by atoms with E-state index >= 15 is 0 Å². The molecule has 2 aromatic heterocycles. The van der Waals surface area contributed by atoms with Crippen LogP contribution in [-0.2, 0) is 0 Å². The molecule has 1 aliphatic rings. The molecular weight excluding hydrogens is 379 g/mol. The molecule has 0 aliphatic heterocycles. The monoisotopic (exact) mass is 400 g/mol. The molecule has 1 aromatic carbocycles. The molecule has 1 unspecified atom stereocenters. The lowest BCUT2D eigenvalue weighted by atomic mass is 10.3. The Hall–Kier alpha value is -3.36. The van der Waals surface area contributed by atoms with Gasteiger partial charge < -0.3 is 24.9 Å². The molecule has 0 saturated heterocycles. The number of oxazole rings is 1. The number of amides is 2. The van der Waals surface area contributed by atoms with E-state index in [9.17, 15) is 9.18 Å². The van der Waals surface area contributed by atoms with Crippen molar-refractivity contribution in [1.29, 1.82) is 0 Å². The van der Waals surface area contributed by atoms with Gasteiger partial charge in [0.25, 0.3) is 0 Å². The molecule has 0 spiro atoms. The largest absolute Gasteiger partial charge is 0.493 e. The number of nitrogens with one attached hydrogen (secondary N) is 1. The van der Waals surface area contributed by atoms with Crippen LogP contribution in [0.3, 0.4) is 0 Å². The highest BCUT2D eigenvalue weighted by Crippen LogP contribution is 2.31. The van der Waals surface area contributed by atoms with Crippen LogP contribution in [0.5, 0.6) is 11.5 Å². The summed E-state index contributed by atoms with van der Waals surface area (Å²) in [5, 5.41) is 2.47. The van der Waals surface area contributed by atoms with Crippen molar-refractivity contribution in [3.8, 4) is 23.1 Å². The van der Waals surface area contributed by atoms with E-state index in [4.69, 9.17) is 19.6 Å². The second-order valence-corrected chi connectivity index (χ2v) is 7.13. The fourth-order valence-corrected chi connectivity index (χ4v) is 2.76. The fourth-order valence-electron chi connectivity index (χ4n) is 2.76. The molecule has 0 bridgehead atoms. The summed E-state index contributed by atoms with van der Waals surface area (Å²) in [5.41, 5.74) is 6.12. The van der Waals surface area contributed by atoms with E-state index in [0.717, 1.165) is 0 Å². The van der Waals surface area contributed by atoms with Gasteiger partial charge in [0, 0.05) is 12.1 Å². The lowest BCUT2D eigenvalue weighted by Gasteiger charge is -2.13. The second-order valence-electron chi connectivity index (χ2n) is 7.13. The van der Waals surface area contributed by atoms with Crippen molar-refractivity contribution >= 4 is 17.1 Å². The van der Waals surface area contributed by atoms with Crippen LogP contribution < -0.4 is 20.5 Å². The number of nitrogens with two attached hydrogens (primary N) is 1. The van der Waals surface area contributed by atoms with Crippen LogP contribution in [0.1, 0.15) is 19.8 Å². The molecule has 2 amide bonds. The number of carbonyl (C=O) groups is 1. The summed E-state index contributed by atoms with van der Waals surface area (Å²) < 4.78 is 31.4. The first-order valence-corrected chi connectivity index (χ1v) is 9.36. The predicted molar refractivity (Wildman–Crippen MR) is 103 cm³/mol. The Balaban J connectivity index is 1.47. The third kappa shape index (κ3) is 4.74. The summed E-state index contributed by atoms with van der Waals surface area (Å²) in [7, 11) is 0. The summed E-state index contributed by atoms with van der Waals surface area (Å²) in [5.74, 6) is 1.01. The topological polar surface area (TPSA) is 112 Å². The van der Waals surface area contributed by atoms with Crippen molar-refractivity contribution in [2.75, 3.05) is 13.2 Å². The maximum absolute atomic E-state index is 14.5. The Labute approximate surface area is 166 Å². The van der Waals surface area contributed by atoms with Gasteiger partial charge in [0.2, 0.25) is 5.89 Å². The number of urea groups is 1. The van der Waals surface area contributed by atoms with Gasteiger partial charge in [-0.05, 0) is 37.8 Å². The summed E-state index contributed by atoms with van der Waals surface area (Å²) in [6.07, 6.45) is 3.79. The zero-order valence-electron chi connectivity index (χ0n) is 15.9. The Morgan fingerprint density at radius 3 is 2.90 bits per heavy atom. The highest BCUT2D eigenvalue weighted by Gasteiger charge is 2.22. The van der Waals surface area contributed by atoms with Crippen LogP contribution in [0.15, 0.2) is 34.9 Å². The van der Waals surface area contributed by atoms with Crippen molar-refractivity contribution in [2.45, 2.75) is 25.8 Å². The quantitative estimate of drug-likeness (QED) is 0.600. The van der Waals surface area contributed by atoms with Gasteiger partial charge in [0.1, 0.15) is 23.6 Å². The first-order valence-electron chi connectivity index (χ1n) is 9.36. The normalized spacial score (nSPS) is 14.6. The molecule has 2 heterocycles. The van der Waals surface area contributed by atoms with Crippen LogP contribution in [0.25, 0.3) is 22.7 Å². The molecule has 1 atom stereocenters. The zero-order chi connectivity index (χ0) is 20.4. The number of pyridine rings is 1. The molecule has 1 fully saturated rings. The first kappa shape index (κ1) is 19.0. The van der Waals surface area contributed by atoms with Crippen molar-refractivity contribution < 1.29 is 23.1 Å². The second kappa shape index (κ2) is 7.94. The van der Waals surface area contributed by atoms with Crippen LogP contribution in [0, 0.1) is 11.7 Å². The van der Waals surface area contributed by atoms with E-state index in [1.807, 2.05) is 6.07 Å². The number of halogens is 1. The molecule has 0 radical (unpaired) electrons. The summed E-state index contributed by atoms with van der Waals surface area (Å²) in [6, 6.07) is 5.54. The van der Waals surface area contributed by atoms with Gasteiger partial charge in [-0.3, -0.25) is 0 Å². The third-order valence-electron chi connectivity index (χ3n) is 4.45. The van der Waals surface area contributed by atoms with Crippen molar-refractivity contribution in [3.63, 3.8) is 0 Å². The van der Waals surface area contributed by atoms with Crippen LogP contribution >= 0.6 is 0 Å². The smallest absolute Gasteiger partial charge is 0.312 e. The molecular formula is C20H21FN4O4. The Morgan fingerprint density at radius 2 is 2.17 bits per heavy atom. The van der Waals surface area contributed by atoms with E-state index in [1.54, 1.807) is 19.1 Å². The zero-order valence-corrected chi connectivity index (χ0v) is 15.9. The van der Waals surface area contributed by atoms with Gasteiger partial charge in [-0.1, -0.05) is 0 Å². The van der Waals surface area contributed by atoms with Crippen molar-refractivity contribution in [1.82, 2.24) is 15.3 Å². The Bertz CT molecular complexity index is 1030. The van der Waals surface area contributed by atoms with Crippen LogP contribution in [0.4, 0.5) is 9.18 Å². The van der Waals surface area contributed by atoms with Crippen LogP contribution in [0.2, 0.25) is 0 Å². The van der Waals surface area contributed by atoms with Gasteiger partial charge in [0.05, 0.1) is 18.8 Å². The molecule has 4 rings (SSSR count). The van der Waals surface area contributed by atoms with Gasteiger partial charge in [-0.2, -0.15) is 0 Å². The number of benzene rings is 1. The number of rotatable bonds is 8. The van der Waals surface area contributed by atoms with Crippen molar-refractivity contribution in [2.24, 2.45) is 11.7 Å². The van der Waals surface area contributed by atoms with Gasteiger partial charge in [0.15, 0.2) is 17.1 Å². The summed E-state index contributed by atoms with van der Waals surface area (Å²) in [6.45, 7) is 2.53. The highest BCUT2D eigenvalue weighted by molar-refractivity contribution is 5.77. The average Bonchev–Trinajstić information content (AvgIpc) is 3.41. The summed E-state index contributed by atoms with van der Waals surface area (Å²) in [4.78, 5) is 19.2. The molecule has 1 saturated carbocycles. The lowest BCUT2D eigenvalue weighted by Crippen LogP contribution is -2.40. The van der Waals surface area contributed by atoms with E-state index < -0.39 is 11.8 Å². The minimum Gasteiger partial charge on any atom is -0.493 e. The molecule has 152 valence electrons. The highest BCUT2D eigenvalue weighted by atomic mass is 19.1. The number of aromatic nitrogens is 2. The lowest BCUT2D eigenvalue weighted by molar-refractivity contribution is 0.233. The van der Waals surface area contributed by atoms with Gasteiger partial charge in [-0.25, -0.2) is 19.2 Å². The molecule has 3 aromatic rings. The van der Waals surface area contributed by atoms with Crippen molar-refractivity contribution in [3.05, 3.63) is 36.3 Å². The molecule has 1 aliphatic carbocycles.